The number of carbonyl (C=O) groups excluding carboxylic acids is 1. The van der Waals surface area contributed by atoms with Gasteiger partial charge in [0, 0.05) is 6.54 Å². The Bertz CT molecular complexity index is 946. The summed E-state index contributed by atoms with van der Waals surface area (Å²) in [4.78, 5) is 17.6. The fourth-order valence-corrected chi connectivity index (χ4v) is 4.28. The summed E-state index contributed by atoms with van der Waals surface area (Å²) < 4.78 is 0. The molecule has 1 amide bonds. The molecule has 0 fully saturated rings. The molecular formula is C22H22N4O. The number of hydrogen-bond acceptors (Lipinski definition) is 3. The summed E-state index contributed by atoms with van der Waals surface area (Å²) in [6.07, 6.45) is 5.77. The van der Waals surface area contributed by atoms with Gasteiger partial charge in [-0.05, 0) is 48.9 Å². The minimum absolute atomic E-state index is 0.103. The Morgan fingerprint density at radius 1 is 0.926 bits per heavy atom. The zero-order valence-electron chi connectivity index (χ0n) is 15.2. The fraction of sp³-hybridized carbons (Fsp3) is 0.273. The second-order valence-electron chi connectivity index (χ2n) is 7.25. The van der Waals surface area contributed by atoms with Gasteiger partial charge in [0.15, 0.2) is 0 Å². The van der Waals surface area contributed by atoms with Gasteiger partial charge < -0.3 is 4.90 Å². The average molecular weight is 358 g/mol. The Morgan fingerprint density at radius 3 is 2.30 bits per heavy atom. The number of aromatic amines is 1. The number of amides is 1. The van der Waals surface area contributed by atoms with Crippen LogP contribution in [0.15, 0.2) is 54.7 Å². The number of para-hydroxylation sites is 2. The minimum atomic E-state index is 0.103. The van der Waals surface area contributed by atoms with E-state index in [1.807, 2.05) is 23.2 Å². The highest BCUT2D eigenvalue weighted by atomic mass is 16.2. The van der Waals surface area contributed by atoms with E-state index in [0.717, 1.165) is 55.0 Å². The van der Waals surface area contributed by atoms with Crippen molar-refractivity contribution in [3.05, 3.63) is 71.5 Å². The molecule has 3 heterocycles. The van der Waals surface area contributed by atoms with E-state index in [1.165, 1.54) is 11.1 Å². The summed E-state index contributed by atoms with van der Waals surface area (Å²) in [5, 5.41) is 7.23. The van der Waals surface area contributed by atoms with Gasteiger partial charge in [-0.1, -0.05) is 36.4 Å². The quantitative estimate of drug-likeness (QED) is 0.761. The normalized spacial score (nSPS) is 15.6. The van der Waals surface area contributed by atoms with Crippen LogP contribution in [-0.2, 0) is 24.1 Å². The predicted octanol–water partition coefficient (Wildman–Crippen LogP) is 3.63. The maximum absolute atomic E-state index is 13.5. The van der Waals surface area contributed by atoms with Crippen molar-refractivity contribution in [2.45, 2.75) is 25.7 Å². The summed E-state index contributed by atoms with van der Waals surface area (Å²) >= 11 is 0. The molecule has 27 heavy (non-hydrogen) atoms. The van der Waals surface area contributed by atoms with Gasteiger partial charge in [0.25, 0.3) is 5.91 Å². The third-order valence-corrected chi connectivity index (χ3v) is 5.60. The van der Waals surface area contributed by atoms with E-state index in [1.54, 1.807) is 0 Å². The summed E-state index contributed by atoms with van der Waals surface area (Å²) in [5.41, 5.74) is 6.67. The van der Waals surface area contributed by atoms with Crippen molar-refractivity contribution in [2.75, 3.05) is 22.9 Å². The molecule has 0 saturated carbocycles. The van der Waals surface area contributed by atoms with Crippen molar-refractivity contribution in [3.8, 4) is 0 Å². The Morgan fingerprint density at radius 2 is 1.59 bits per heavy atom. The van der Waals surface area contributed by atoms with E-state index in [4.69, 9.17) is 0 Å². The van der Waals surface area contributed by atoms with Crippen LogP contribution in [0.2, 0.25) is 0 Å². The largest absolute Gasteiger partial charge is 0.359 e. The maximum Gasteiger partial charge on any atom is 0.251 e. The van der Waals surface area contributed by atoms with Crippen LogP contribution in [0.5, 0.6) is 0 Å². The SMILES string of the molecule is O=C(CN1CCCc2[nH]ncc21)N1c2ccccc2CCc2ccccc21. The smallest absolute Gasteiger partial charge is 0.251 e. The standard InChI is InChI=1S/C22H22N4O/c27-22(15-25-13-5-8-18-21(25)14-23-24-18)26-19-9-3-1-6-16(19)11-12-17-7-2-4-10-20(17)26/h1-4,6-7,9-10,14H,5,8,11-13,15H2,(H,23,24). The molecule has 5 heteroatoms. The van der Waals surface area contributed by atoms with Crippen molar-refractivity contribution in [1.29, 1.82) is 0 Å². The van der Waals surface area contributed by atoms with Crippen LogP contribution < -0.4 is 9.80 Å². The van der Waals surface area contributed by atoms with Gasteiger partial charge in [0.2, 0.25) is 0 Å². The number of anilines is 3. The van der Waals surface area contributed by atoms with Crippen molar-refractivity contribution in [2.24, 2.45) is 0 Å². The molecule has 0 spiro atoms. The number of carbonyl (C=O) groups is 1. The highest BCUT2D eigenvalue weighted by Gasteiger charge is 2.28. The molecule has 2 aliphatic heterocycles. The molecule has 5 nitrogen and oxygen atoms in total. The van der Waals surface area contributed by atoms with E-state index in [9.17, 15) is 4.79 Å². The molecule has 3 aromatic rings. The molecule has 0 radical (unpaired) electrons. The van der Waals surface area contributed by atoms with Gasteiger partial charge in [0.1, 0.15) is 0 Å². The van der Waals surface area contributed by atoms with Crippen LogP contribution in [0, 0.1) is 0 Å². The Kier molecular flexibility index (Phi) is 3.93. The van der Waals surface area contributed by atoms with Gasteiger partial charge in [-0.3, -0.25) is 14.8 Å². The third-order valence-electron chi connectivity index (χ3n) is 5.60. The lowest BCUT2D eigenvalue weighted by Gasteiger charge is -2.31. The zero-order valence-corrected chi connectivity index (χ0v) is 15.2. The topological polar surface area (TPSA) is 52.2 Å². The van der Waals surface area contributed by atoms with Crippen molar-refractivity contribution >= 4 is 23.0 Å². The van der Waals surface area contributed by atoms with Crippen molar-refractivity contribution in [1.82, 2.24) is 10.2 Å². The number of nitrogens with zero attached hydrogens (tertiary/aromatic N) is 3. The summed E-state index contributed by atoms with van der Waals surface area (Å²) in [5.74, 6) is 0.103. The predicted molar refractivity (Wildman–Crippen MR) is 107 cm³/mol. The number of nitrogens with one attached hydrogen (secondary N) is 1. The first-order chi connectivity index (χ1) is 13.3. The second kappa shape index (κ2) is 6.58. The number of fused-ring (bicyclic) bond motifs is 3. The first-order valence-electron chi connectivity index (χ1n) is 9.57. The van der Waals surface area contributed by atoms with E-state index in [-0.39, 0.29) is 5.91 Å². The average Bonchev–Trinajstić information content (AvgIpc) is 3.11. The lowest BCUT2D eigenvalue weighted by molar-refractivity contribution is -0.116. The highest BCUT2D eigenvalue weighted by molar-refractivity contribution is 6.04. The van der Waals surface area contributed by atoms with Crippen LogP contribution in [0.3, 0.4) is 0 Å². The maximum atomic E-state index is 13.5. The molecule has 5 rings (SSSR count). The molecular weight excluding hydrogens is 336 g/mol. The zero-order chi connectivity index (χ0) is 18.2. The van der Waals surface area contributed by atoms with Crippen molar-refractivity contribution < 1.29 is 4.79 Å². The first kappa shape index (κ1) is 16.1. The molecule has 0 unspecified atom stereocenters. The number of benzene rings is 2. The molecule has 2 aromatic carbocycles. The molecule has 1 N–H and O–H groups in total. The lowest BCUT2D eigenvalue weighted by atomic mass is 10.0. The number of H-pyrrole nitrogens is 1. The van der Waals surface area contributed by atoms with Crippen molar-refractivity contribution in [3.63, 3.8) is 0 Å². The number of hydrogen-bond donors (Lipinski definition) is 1. The minimum Gasteiger partial charge on any atom is -0.359 e. The first-order valence-corrected chi connectivity index (χ1v) is 9.57. The molecule has 2 aliphatic rings. The highest BCUT2D eigenvalue weighted by Crippen LogP contribution is 2.36. The van der Waals surface area contributed by atoms with E-state index >= 15 is 0 Å². The van der Waals surface area contributed by atoms with E-state index in [0.29, 0.717) is 6.54 Å². The fourth-order valence-electron chi connectivity index (χ4n) is 4.28. The summed E-state index contributed by atoms with van der Waals surface area (Å²) in [6.45, 7) is 1.24. The molecule has 0 bridgehead atoms. The summed E-state index contributed by atoms with van der Waals surface area (Å²) in [7, 11) is 0. The Balaban J connectivity index is 1.53. The molecule has 136 valence electrons. The van der Waals surface area contributed by atoms with E-state index < -0.39 is 0 Å². The van der Waals surface area contributed by atoms with E-state index in [2.05, 4.69) is 51.5 Å². The Hall–Kier alpha value is -3.08. The van der Waals surface area contributed by atoms with Crippen LogP contribution in [0.1, 0.15) is 23.2 Å². The Labute approximate surface area is 158 Å². The van der Waals surface area contributed by atoms with Gasteiger partial charge in [0.05, 0.1) is 35.5 Å². The van der Waals surface area contributed by atoms with Gasteiger partial charge in [-0.15, -0.1) is 0 Å². The van der Waals surface area contributed by atoms with Gasteiger partial charge in [-0.25, -0.2) is 0 Å². The molecule has 1 aromatic heterocycles. The third kappa shape index (κ3) is 2.79. The molecule has 0 saturated heterocycles. The second-order valence-corrected chi connectivity index (χ2v) is 7.25. The molecule has 0 aliphatic carbocycles. The lowest BCUT2D eigenvalue weighted by Crippen LogP contribution is -2.40. The number of aromatic nitrogens is 2. The van der Waals surface area contributed by atoms with Gasteiger partial charge >= 0.3 is 0 Å². The summed E-state index contributed by atoms with van der Waals surface area (Å²) in [6, 6.07) is 16.5. The van der Waals surface area contributed by atoms with Crippen LogP contribution in [0.25, 0.3) is 0 Å². The monoisotopic (exact) mass is 358 g/mol. The number of rotatable bonds is 2. The van der Waals surface area contributed by atoms with Gasteiger partial charge in [-0.2, -0.15) is 5.10 Å². The van der Waals surface area contributed by atoms with Crippen LogP contribution in [-0.4, -0.2) is 29.2 Å². The number of aryl methyl sites for hydroxylation is 3. The van der Waals surface area contributed by atoms with Crippen LogP contribution in [0.4, 0.5) is 17.1 Å². The van der Waals surface area contributed by atoms with Crippen LogP contribution >= 0.6 is 0 Å². The molecule has 0 atom stereocenters.